The third-order valence-corrected chi connectivity index (χ3v) is 3.21. The lowest BCUT2D eigenvalue weighted by Gasteiger charge is -2.35. The van der Waals surface area contributed by atoms with E-state index in [2.05, 4.69) is 25.7 Å². The van der Waals surface area contributed by atoms with Crippen molar-refractivity contribution in [3.05, 3.63) is 12.2 Å². The van der Waals surface area contributed by atoms with Gasteiger partial charge in [0, 0.05) is 6.54 Å². The van der Waals surface area contributed by atoms with E-state index in [-0.39, 0.29) is 11.3 Å². The molecule has 0 aromatic heterocycles. The number of primary amides is 1. The quantitative estimate of drug-likeness (QED) is 0.740. The Labute approximate surface area is 98.7 Å². The molecule has 0 aromatic rings. The van der Waals surface area contributed by atoms with E-state index in [1.165, 1.54) is 32.0 Å². The second kappa shape index (κ2) is 5.48. The van der Waals surface area contributed by atoms with E-state index in [9.17, 15) is 4.79 Å². The minimum Gasteiger partial charge on any atom is -0.366 e. The second-order valence-corrected chi connectivity index (χ2v) is 5.68. The predicted octanol–water partition coefficient (Wildman–Crippen LogP) is 1.79. The van der Waals surface area contributed by atoms with Crippen LogP contribution in [0.3, 0.4) is 0 Å². The highest BCUT2D eigenvalue weighted by atomic mass is 16.1. The van der Waals surface area contributed by atoms with Gasteiger partial charge in [-0.1, -0.05) is 26.8 Å². The molecule has 1 heterocycles. The minimum absolute atomic E-state index is 0.0234. The Hall–Kier alpha value is -0.830. The van der Waals surface area contributed by atoms with E-state index in [1.54, 1.807) is 0 Å². The van der Waals surface area contributed by atoms with Crippen molar-refractivity contribution in [1.29, 1.82) is 0 Å². The van der Waals surface area contributed by atoms with Crippen molar-refractivity contribution >= 4 is 5.91 Å². The molecule has 0 saturated carbocycles. The molecule has 3 nitrogen and oxygen atoms in total. The van der Waals surface area contributed by atoms with Gasteiger partial charge in [0.05, 0.1) is 0 Å². The van der Waals surface area contributed by atoms with E-state index in [0.29, 0.717) is 0 Å². The van der Waals surface area contributed by atoms with Crippen LogP contribution in [0.4, 0.5) is 0 Å². The lowest BCUT2D eigenvalue weighted by molar-refractivity contribution is -0.113. The minimum atomic E-state index is -0.361. The number of likely N-dealkylation sites (tertiary alicyclic amines) is 1. The fraction of sp³-hybridized carbons (Fsp3) is 0.769. The Bertz CT molecular complexity index is 263. The Balaban J connectivity index is 2.43. The van der Waals surface area contributed by atoms with Gasteiger partial charge in [-0.15, -0.1) is 0 Å². The molecule has 0 bridgehead atoms. The third kappa shape index (κ3) is 4.79. The Morgan fingerprint density at radius 1 is 1.44 bits per heavy atom. The zero-order valence-corrected chi connectivity index (χ0v) is 10.7. The zero-order valence-electron chi connectivity index (χ0n) is 10.7. The Morgan fingerprint density at radius 3 is 2.50 bits per heavy atom. The molecule has 1 saturated heterocycles. The van der Waals surface area contributed by atoms with Crippen LogP contribution in [-0.4, -0.2) is 30.4 Å². The smallest absolute Gasteiger partial charge is 0.241 e. The molecule has 1 fully saturated rings. The molecule has 2 N–H and O–H groups in total. The first-order chi connectivity index (χ1) is 7.39. The van der Waals surface area contributed by atoms with Crippen LogP contribution in [0, 0.1) is 11.3 Å². The highest BCUT2D eigenvalue weighted by Gasteiger charge is 2.22. The largest absolute Gasteiger partial charge is 0.366 e. The van der Waals surface area contributed by atoms with Gasteiger partial charge in [0.1, 0.15) is 0 Å². The van der Waals surface area contributed by atoms with Crippen LogP contribution in [0.1, 0.15) is 33.6 Å². The molecule has 0 radical (unpaired) electrons. The van der Waals surface area contributed by atoms with E-state index in [1.807, 2.05) is 6.08 Å². The maximum atomic E-state index is 10.7. The number of amides is 1. The second-order valence-electron chi connectivity index (χ2n) is 5.68. The molecule has 0 aliphatic carbocycles. The van der Waals surface area contributed by atoms with Gasteiger partial charge >= 0.3 is 0 Å². The number of piperidine rings is 1. The summed E-state index contributed by atoms with van der Waals surface area (Å²) >= 11 is 0. The van der Waals surface area contributed by atoms with Gasteiger partial charge in [0.15, 0.2) is 0 Å². The normalized spacial score (nSPS) is 20.4. The van der Waals surface area contributed by atoms with Crippen molar-refractivity contribution in [2.24, 2.45) is 17.1 Å². The van der Waals surface area contributed by atoms with Crippen molar-refractivity contribution in [2.75, 3.05) is 19.6 Å². The third-order valence-electron chi connectivity index (χ3n) is 3.21. The monoisotopic (exact) mass is 224 g/mol. The van der Waals surface area contributed by atoms with Gasteiger partial charge in [-0.2, -0.15) is 0 Å². The fourth-order valence-electron chi connectivity index (χ4n) is 2.16. The van der Waals surface area contributed by atoms with Crippen molar-refractivity contribution in [1.82, 2.24) is 4.90 Å². The van der Waals surface area contributed by atoms with Crippen LogP contribution in [0.25, 0.3) is 0 Å². The van der Waals surface area contributed by atoms with Crippen LogP contribution >= 0.6 is 0 Å². The Morgan fingerprint density at radius 2 is 2.00 bits per heavy atom. The first-order valence-electron chi connectivity index (χ1n) is 6.10. The number of carbonyl (C=O) groups excluding carboxylic acids is 1. The van der Waals surface area contributed by atoms with E-state index < -0.39 is 0 Å². The van der Waals surface area contributed by atoms with Gasteiger partial charge in [-0.05, 0) is 43.3 Å². The molecule has 1 aliphatic rings. The van der Waals surface area contributed by atoms with E-state index in [0.717, 1.165) is 12.5 Å². The van der Waals surface area contributed by atoms with Crippen molar-refractivity contribution in [2.45, 2.75) is 33.6 Å². The number of carbonyl (C=O) groups is 1. The molecule has 1 amide bonds. The van der Waals surface area contributed by atoms with E-state index >= 15 is 0 Å². The molecule has 16 heavy (non-hydrogen) atoms. The number of nitrogens with two attached hydrogens (primary N) is 1. The van der Waals surface area contributed by atoms with E-state index in [4.69, 9.17) is 5.73 Å². The SMILES string of the molecule is CC1CCN(CC(C)(C)/C=C/C(N)=O)CC1. The summed E-state index contributed by atoms with van der Waals surface area (Å²) in [5, 5.41) is 0. The van der Waals surface area contributed by atoms with Crippen LogP contribution in [0.15, 0.2) is 12.2 Å². The van der Waals surface area contributed by atoms with Crippen molar-refractivity contribution < 1.29 is 4.79 Å². The lowest BCUT2D eigenvalue weighted by Crippen LogP contribution is -2.39. The molecular weight excluding hydrogens is 200 g/mol. The van der Waals surface area contributed by atoms with Crippen LogP contribution < -0.4 is 5.73 Å². The number of hydrogen-bond donors (Lipinski definition) is 1. The van der Waals surface area contributed by atoms with Gasteiger partial charge < -0.3 is 10.6 Å². The molecule has 1 aliphatic heterocycles. The summed E-state index contributed by atoms with van der Waals surface area (Å²) < 4.78 is 0. The molecule has 92 valence electrons. The Kier molecular flexibility index (Phi) is 4.54. The van der Waals surface area contributed by atoms with Crippen molar-refractivity contribution in [3.63, 3.8) is 0 Å². The first-order valence-corrected chi connectivity index (χ1v) is 6.10. The number of hydrogen-bond acceptors (Lipinski definition) is 2. The van der Waals surface area contributed by atoms with Gasteiger partial charge in [0.2, 0.25) is 5.91 Å². The summed E-state index contributed by atoms with van der Waals surface area (Å²) in [7, 11) is 0. The molecule has 0 unspecified atom stereocenters. The first kappa shape index (κ1) is 13.2. The molecule has 1 rings (SSSR count). The summed E-state index contributed by atoms with van der Waals surface area (Å²) in [6.07, 6.45) is 5.98. The molecule has 0 atom stereocenters. The van der Waals surface area contributed by atoms with Gasteiger partial charge in [0.25, 0.3) is 0 Å². The average Bonchev–Trinajstić information content (AvgIpc) is 2.19. The topological polar surface area (TPSA) is 46.3 Å². The maximum Gasteiger partial charge on any atom is 0.241 e. The average molecular weight is 224 g/mol. The van der Waals surface area contributed by atoms with Crippen LogP contribution in [0.2, 0.25) is 0 Å². The van der Waals surface area contributed by atoms with Gasteiger partial charge in [-0.3, -0.25) is 4.79 Å². The predicted molar refractivity (Wildman–Crippen MR) is 67.0 cm³/mol. The zero-order chi connectivity index (χ0) is 12.2. The summed E-state index contributed by atoms with van der Waals surface area (Å²) in [6, 6.07) is 0. The fourth-order valence-corrected chi connectivity index (χ4v) is 2.16. The summed E-state index contributed by atoms with van der Waals surface area (Å²) in [5.74, 6) is 0.501. The molecule has 3 heteroatoms. The summed E-state index contributed by atoms with van der Waals surface area (Å²) in [5.41, 5.74) is 5.14. The lowest BCUT2D eigenvalue weighted by atomic mass is 9.90. The summed E-state index contributed by atoms with van der Waals surface area (Å²) in [4.78, 5) is 13.2. The highest BCUT2D eigenvalue weighted by molar-refractivity contribution is 5.85. The molecule has 0 aromatic carbocycles. The molecular formula is C13H24N2O. The number of nitrogens with zero attached hydrogens (tertiary/aromatic N) is 1. The number of rotatable bonds is 4. The maximum absolute atomic E-state index is 10.7. The summed E-state index contributed by atoms with van der Waals surface area (Å²) in [6.45, 7) is 9.96. The van der Waals surface area contributed by atoms with Crippen LogP contribution in [0.5, 0.6) is 0 Å². The molecule has 0 spiro atoms. The standard InChI is InChI=1S/C13H24N2O/c1-11-5-8-15(9-6-11)10-13(2,3)7-4-12(14)16/h4,7,11H,5-6,8-10H2,1-3H3,(H2,14,16)/b7-4+. The van der Waals surface area contributed by atoms with Crippen molar-refractivity contribution in [3.8, 4) is 0 Å². The van der Waals surface area contributed by atoms with Gasteiger partial charge in [-0.25, -0.2) is 0 Å². The van der Waals surface area contributed by atoms with Crippen LogP contribution in [-0.2, 0) is 4.79 Å². The highest BCUT2D eigenvalue weighted by Crippen LogP contribution is 2.23.